The van der Waals surface area contributed by atoms with Gasteiger partial charge in [-0.15, -0.1) is 0 Å². The maximum Gasteiger partial charge on any atom is 0.0766 e. The van der Waals surface area contributed by atoms with Crippen LogP contribution in [0.5, 0.6) is 0 Å². The van der Waals surface area contributed by atoms with Crippen LogP contribution in [0.4, 0.5) is 0 Å². The molecule has 0 bridgehead atoms. The van der Waals surface area contributed by atoms with Crippen molar-refractivity contribution in [2.75, 3.05) is 0 Å². The lowest BCUT2D eigenvalue weighted by atomic mass is 9.86. The van der Waals surface area contributed by atoms with E-state index in [2.05, 4.69) is 41.8 Å². The molecule has 0 spiro atoms. The van der Waals surface area contributed by atoms with Gasteiger partial charge in [0.05, 0.1) is 15.9 Å². The molecule has 3 nitrogen and oxygen atoms in total. The molecule has 2 N–H and O–H groups in total. The van der Waals surface area contributed by atoms with E-state index < -0.39 is 0 Å². The summed E-state index contributed by atoms with van der Waals surface area (Å²) < 4.78 is 3.12. The first-order valence-electron chi connectivity index (χ1n) is 6.96. The monoisotopic (exact) mass is 315 g/mol. The predicted octanol–water partition coefficient (Wildman–Crippen LogP) is 3.59. The molecular weight excluding hydrogens is 290 g/mol. The van der Waals surface area contributed by atoms with Crippen LogP contribution in [0.1, 0.15) is 57.8 Å². The number of hydrogen-bond donors (Lipinski definition) is 1. The first-order chi connectivity index (χ1) is 8.47. The van der Waals surface area contributed by atoms with E-state index in [4.69, 9.17) is 5.73 Å². The van der Waals surface area contributed by atoms with Crippen LogP contribution >= 0.6 is 15.9 Å². The van der Waals surface area contributed by atoms with Gasteiger partial charge in [-0.3, -0.25) is 4.68 Å². The van der Waals surface area contributed by atoms with Crippen LogP contribution in [-0.2, 0) is 19.9 Å². The van der Waals surface area contributed by atoms with Gasteiger partial charge in [-0.1, -0.05) is 33.6 Å². The highest BCUT2D eigenvalue weighted by atomic mass is 79.9. The highest BCUT2D eigenvalue weighted by molar-refractivity contribution is 9.10. The van der Waals surface area contributed by atoms with Crippen molar-refractivity contribution < 1.29 is 0 Å². The topological polar surface area (TPSA) is 43.8 Å². The van der Waals surface area contributed by atoms with E-state index in [1.807, 2.05) is 11.7 Å². The Kier molecular flexibility index (Phi) is 5.86. The Hall–Kier alpha value is -0.350. The van der Waals surface area contributed by atoms with Crippen molar-refractivity contribution in [3.8, 4) is 0 Å². The Morgan fingerprint density at radius 1 is 1.33 bits per heavy atom. The van der Waals surface area contributed by atoms with Gasteiger partial charge in [0.2, 0.25) is 0 Å². The van der Waals surface area contributed by atoms with Gasteiger partial charge in [-0.25, -0.2) is 0 Å². The average molecular weight is 316 g/mol. The molecule has 1 aromatic heterocycles. The van der Waals surface area contributed by atoms with Crippen LogP contribution in [0.25, 0.3) is 0 Å². The van der Waals surface area contributed by atoms with E-state index in [9.17, 15) is 0 Å². The summed E-state index contributed by atoms with van der Waals surface area (Å²) in [5.41, 5.74) is 8.80. The van der Waals surface area contributed by atoms with Crippen LogP contribution in [0, 0.1) is 0 Å². The summed E-state index contributed by atoms with van der Waals surface area (Å²) >= 11 is 3.67. The number of halogens is 1. The molecule has 1 aromatic rings. The number of hydrogen-bond acceptors (Lipinski definition) is 2. The maximum atomic E-state index is 6.54. The normalized spacial score (nSPS) is 14.8. The largest absolute Gasteiger partial charge is 0.325 e. The van der Waals surface area contributed by atoms with Crippen LogP contribution < -0.4 is 5.73 Å². The third-order valence-electron chi connectivity index (χ3n) is 3.75. The number of nitrogens with zero attached hydrogens (tertiary/aromatic N) is 2. The van der Waals surface area contributed by atoms with Gasteiger partial charge in [0.15, 0.2) is 0 Å². The standard InChI is InChI=1S/C14H26BrN3/c1-5-8-9-14(16,7-3)10-12-13(15)11(6-2)17-18(12)4/h5-10,16H2,1-4H3. The van der Waals surface area contributed by atoms with Gasteiger partial charge in [-0.2, -0.15) is 5.10 Å². The lowest BCUT2D eigenvalue weighted by Crippen LogP contribution is -2.42. The van der Waals surface area contributed by atoms with E-state index in [1.54, 1.807) is 0 Å². The first kappa shape index (κ1) is 15.7. The third kappa shape index (κ3) is 3.58. The van der Waals surface area contributed by atoms with Crippen molar-refractivity contribution in [1.82, 2.24) is 9.78 Å². The molecule has 0 aliphatic heterocycles. The van der Waals surface area contributed by atoms with Gasteiger partial charge < -0.3 is 5.73 Å². The van der Waals surface area contributed by atoms with E-state index in [-0.39, 0.29) is 5.54 Å². The molecule has 0 aromatic carbocycles. The molecule has 0 saturated heterocycles. The molecule has 0 aliphatic carbocycles. The molecule has 18 heavy (non-hydrogen) atoms. The fraction of sp³-hybridized carbons (Fsp3) is 0.786. The number of nitrogens with two attached hydrogens (primary N) is 1. The fourth-order valence-electron chi connectivity index (χ4n) is 2.26. The van der Waals surface area contributed by atoms with Crippen molar-refractivity contribution in [3.63, 3.8) is 0 Å². The average Bonchev–Trinajstić information content (AvgIpc) is 2.63. The van der Waals surface area contributed by atoms with Gasteiger partial charge in [0.1, 0.15) is 0 Å². The molecule has 1 atom stereocenters. The number of rotatable bonds is 7. The minimum absolute atomic E-state index is 0.0999. The summed E-state index contributed by atoms with van der Waals surface area (Å²) in [6.07, 6.45) is 6.33. The molecule has 104 valence electrons. The lowest BCUT2D eigenvalue weighted by molar-refractivity contribution is 0.356. The molecule has 0 amide bonds. The SMILES string of the molecule is CCCCC(N)(CC)Cc1c(Br)c(CC)nn1C. The van der Waals surface area contributed by atoms with Gasteiger partial charge >= 0.3 is 0 Å². The highest BCUT2D eigenvalue weighted by Crippen LogP contribution is 2.28. The molecule has 0 radical (unpaired) electrons. The maximum absolute atomic E-state index is 6.54. The molecule has 4 heteroatoms. The van der Waals surface area contributed by atoms with E-state index in [0.29, 0.717) is 0 Å². The first-order valence-corrected chi connectivity index (χ1v) is 7.75. The predicted molar refractivity (Wildman–Crippen MR) is 80.7 cm³/mol. The molecule has 1 rings (SSSR count). The van der Waals surface area contributed by atoms with Crippen LogP contribution in [0.15, 0.2) is 4.47 Å². The Morgan fingerprint density at radius 3 is 2.44 bits per heavy atom. The summed E-state index contributed by atoms with van der Waals surface area (Å²) in [7, 11) is 2.01. The second-order valence-electron chi connectivity index (χ2n) is 5.18. The molecule has 1 unspecified atom stereocenters. The Labute approximate surface area is 119 Å². The Bertz CT molecular complexity index is 387. The molecule has 0 fully saturated rings. The van der Waals surface area contributed by atoms with E-state index in [1.165, 1.54) is 18.5 Å². The summed E-state index contributed by atoms with van der Waals surface area (Å²) in [4.78, 5) is 0. The van der Waals surface area contributed by atoms with Crippen molar-refractivity contribution in [1.29, 1.82) is 0 Å². The summed E-state index contributed by atoms with van der Waals surface area (Å²) in [5.74, 6) is 0. The summed E-state index contributed by atoms with van der Waals surface area (Å²) in [6, 6.07) is 0. The van der Waals surface area contributed by atoms with Gasteiger partial charge in [-0.05, 0) is 35.2 Å². The Morgan fingerprint density at radius 2 is 2.00 bits per heavy atom. The molecule has 1 heterocycles. The molecular formula is C14H26BrN3. The zero-order valence-electron chi connectivity index (χ0n) is 12.1. The van der Waals surface area contributed by atoms with Gasteiger partial charge in [0, 0.05) is 19.0 Å². The fourth-order valence-corrected chi connectivity index (χ4v) is 3.02. The minimum Gasteiger partial charge on any atom is -0.325 e. The van der Waals surface area contributed by atoms with Crippen molar-refractivity contribution in [3.05, 3.63) is 15.9 Å². The zero-order chi connectivity index (χ0) is 13.8. The Balaban J connectivity index is 2.90. The smallest absolute Gasteiger partial charge is 0.0766 e. The van der Waals surface area contributed by atoms with Crippen molar-refractivity contribution in [2.24, 2.45) is 12.8 Å². The number of aromatic nitrogens is 2. The molecule has 0 saturated carbocycles. The molecule has 0 aliphatic rings. The van der Waals surface area contributed by atoms with Crippen LogP contribution in [0.2, 0.25) is 0 Å². The van der Waals surface area contributed by atoms with E-state index in [0.717, 1.165) is 35.8 Å². The zero-order valence-corrected chi connectivity index (χ0v) is 13.7. The second kappa shape index (κ2) is 6.71. The van der Waals surface area contributed by atoms with Gasteiger partial charge in [0.25, 0.3) is 0 Å². The minimum atomic E-state index is -0.0999. The lowest BCUT2D eigenvalue weighted by Gasteiger charge is -2.28. The van der Waals surface area contributed by atoms with Crippen molar-refractivity contribution in [2.45, 2.75) is 64.8 Å². The highest BCUT2D eigenvalue weighted by Gasteiger charge is 2.26. The number of aryl methyl sites for hydroxylation is 2. The van der Waals surface area contributed by atoms with Crippen molar-refractivity contribution >= 4 is 15.9 Å². The quantitative estimate of drug-likeness (QED) is 0.835. The van der Waals surface area contributed by atoms with E-state index >= 15 is 0 Å². The summed E-state index contributed by atoms with van der Waals surface area (Å²) in [6.45, 7) is 6.52. The van der Waals surface area contributed by atoms with Crippen LogP contribution in [-0.4, -0.2) is 15.3 Å². The second-order valence-corrected chi connectivity index (χ2v) is 5.97. The summed E-state index contributed by atoms with van der Waals surface area (Å²) in [5, 5.41) is 4.54. The van der Waals surface area contributed by atoms with Crippen LogP contribution in [0.3, 0.4) is 0 Å². The third-order valence-corrected chi connectivity index (χ3v) is 4.67. The number of unbranched alkanes of at least 4 members (excludes halogenated alkanes) is 1.